The van der Waals surface area contributed by atoms with Gasteiger partial charge in [0.25, 0.3) is 5.91 Å². The minimum atomic E-state index is -0.606. The molecule has 0 saturated carbocycles. The fourth-order valence-corrected chi connectivity index (χ4v) is 3.83. The highest BCUT2D eigenvalue weighted by Crippen LogP contribution is 2.26. The second kappa shape index (κ2) is 8.28. The number of carbonyl (C=O) groups is 2. The minimum Gasteiger partial charge on any atom is -0.451 e. The Morgan fingerprint density at radius 1 is 1.07 bits per heavy atom. The van der Waals surface area contributed by atoms with Crippen LogP contribution in [0.1, 0.15) is 27.0 Å². The van der Waals surface area contributed by atoms with E-state index < -0.39 is 24.5 Å². The Labute approximate surface area is 170 Å². The Bertz CT molecular complexity index is 1100. The van der Waals surface area contributed by atoms with Crippen molar-refractivity contribution in [1.82, 2.24) is 10.3 Å². The number of aromatic nitrogens is 1. The van der Waals surface area contributed by atoms with Crippen LogP contribution in [-0.2, 0) is 9.53 Å². The molecule has 1 atom stereocenters. The van der Waals surface area contributed by atoms with E-state index in [1.807, 2.05) is 41.8 Å². The predicted octanol–water partition coefficient (Wildman–Crippen LogP) is 4.43. The van der Waals surface area contributed by atoms with E-state index in [0.29, 0.717) is 0 Å². The molecule has 2 N–H and O–H groups in total. The summed E-state index contributed by atoms with van der Waals surface area (Å²) >= 11 is 1.47. The molecule has 0 saturated heterocycles. The monoisotopic (exact) mass is 408 g/mol. The third-order valence-corrected chi connectivity index (χ3v) is 5.36. The standard InChI is InChI=1S/C22H17FN2O3S/c23-16-9-7-14(8-10-16)21(19-6-3-11-29-19)25-20(26)13-28-22(27)18-12-15-4-1-2-5-17(15)24-18/h1-12,21,24H,13H2,(H,25,26)/t21-/m1/s1. The lowest BCUT2D eigenvalue weighted by atomic mass is 10.1. The molecule has 2 aromatic carbocycles. The average Bonchev–Trinajstić information content (AvgIpc) is 3.40. The number of thiophene rings is 1. The number of para-hydroxylation sites is 1. The van der Waals surface area contributed by atoms with Gasteiger partial charge in [0.1, 0.15) is 11.5 Å². The summed E-state index contributed by atoms with van der Waals surface area (Å²) in [4.78, 5) is 28.6. The third-order valence-electron chi connectivity index (χ3n) is 4.42. The van der Waals surface area contributed by atoms with Crippen molar-refractivity contribution >= 4 is 34.1 Å². The molecular weight excluding hydrogens is 391 g/mol. The van der Waals surface area contributed by atoms with Gasteiger partial charge < -0.3 is 15.0 Å². The van der Waals surface area contributed by atoms with Crippen LogP contribution in [0.3, 0.4) is 0 Å². The molecule has 0 aliphatic heterocycles. The quantitative estimate of drug-likeness (QED) is 0.464. The molecule has 0 radical (unpaired) electrons. The number of amides is 1. The van der Waals surface area contributed by atoms with Crippen molar-refractivity contribution in [2.24, 2.45) is 0 Å². The average molecular weight is 408 g/mol. The molecule has 0 spiro atoms. The lowest BCUT2D eigenvalue weighted by molar-refractivity contribution is -0.124. The maximum absolute atomic E-state index is 13.3. The van der Waals surface area contributed by atoms with Gasteiger partial charge in [0.2, 0.25) is 0 Å². The zero-order chi connectivity index (χ0) is 20.2. The molecule has 4 aromatic rings. The predicted molar refractivity (Wildman–Crippen MR) is 109 cm³/mol. The van der Waals surface area contributed by atoms with Gasteiger partial charge in [-0.05, 0) is 41.3 Å². The van der Waals surface area contributed by atoms with Gasteiger partial charge in [-0.15, -0.1) is 11.3 Å². The van der Waals surface area contributed by atoms with E-state index in [2.05, 4.69) is 10.3 Å². The van der Waals surface area contributed by atoms with E-state index in [0.717, 1.165) is 21.3 Å². The van der Waals surface area contributed by atoms with Gasteiger partial charge >= 0.3 is 5.97 Å². The van der Waals surface area contributed by atoms with Crippen molar-refractivity contribution < 1.29 is 18.7 Å². The highest BCUT2D eigenvalue weighted by Gasteiger charge is 2.19. The van der Waals surface area contributed by atoms with E-state index in [1.54, 1.807) is 18.2 Å². The lowest BCUT2D eigenvalue weighted by Crippen LogP contribution is -2.32. The van der Waals surface area contributed by atoms with Crippen LogP contribution in [0.4, 0.5) is 4.39 Å². The van der Waals surface area contributed by atoms with Gasteiger partial charge in [-0.2, -0.15) is 0 Å². The number of esters is 1. The Morgan fingerprint density at radius 3 is 2.59 bits per heavy atom. The summed E-state index contributed by atoms with van der Waals surface area (Å²) < 4.78 is 18.4. The molecule has 1 amide bonds. The number of ether oxygens (including phenoxy) is 1. The zero-order valence-electron chi connectivity index (χ0n) is 15.2. The van der Waals surface area contributed by atoms with E-state index in [9.17, 15) is 14.0 Å². The van der Waals surface area contributed by atoms with Crippen LogP contribution in [0.2, 0.25) is 0 Å². The van der Waals surface area contributed by atoms with Crippen LogP contribution in [0.5, 0.6) is 0 Å². The molecule has 4 rings (SSSR count). The Morgan fingerprint density at radius 2 is 1.86 bits per heavy atom. The summed E-state index contributed by atoms with van der Waals surface area (Å²) in [6, 6.07) is 18.4. The summed E-state index contributed by atoms with van der Waals surface area (Å²) in [5.74, 6) is -1.40. The number of aromatic amines is 1. The number of rotatable bonds is 6. The normalized spacial score (nSPS) is 11.9. The van der Waals surface area contributed by atoms with E-state index in [-0.39, 0.29) is 11.5 Å². The fourth-order valence-electron chi connectivity index (χ4n) is 3.02. The highest BCUT2D eigenvalue weighted by atomic mass is 32.1. The number of nitrogens with one attached hydrogen (secondary N) is 2. The van der Waals surface area contributed by atoms with Crippen LogP contribution in [0.15, 0.2) is 72.1 Å². The first kappa shape index (κ1) is 18.9. The van der Waals surface area contributed by atoms with Gasteiger partial charge in [-0.3, -0.25) is 4.79 Å². The number of H-pyrrole nitrogens is 1. The topological polar surface area (TPSA) is 71.2 Å². The first-order valence-corrected chi connectivity index (χ1v) is 9.81. The number of fused-ring (bicyclic) bond motifs is 1. The smallest absolute Gasteiger partial charge is 0.355 e. The summed E-state index contributed by atoms with van der Waals surface area (Å²) in [6.45, 7) is -0.419. The van der Waals surface area contributed by atoms with Crippen LogP contribution in [0, 0.1) is 5.82 Å². The molecule has 2 aromatic heterocycles. The van der Waals surface area contributed by atoms with Crippen LogP contribution in [0.25, 0.3) is 10.9 Å². The van der Waals surface area contributed by atoms with E-state index in [1.165, 1.54) is 23.5 Å². The summed E-state index contributed by atoms with van der Waals surface area (Å²) in [5, 5.41) is 5.63. The molecule has 5 nitrogen and oxygen atoms in total. The van der Waals surface area contributed by atoms with Crippen molar-refractivity contribution in [3.05, 3.63) is 94.1 Å². The van der Waals surface area contributed by atoms with Gasteiger partial charge in [-0.1, -0.05) is 36.4 Å². The largest absolute Gasteiger partial charge is 0.451 e. The molecular formula is C22H17FN2O3S. The molecule has 0 aliphatic carbocycles. The summed E-state index contributed by atoms with van der Waals surface area (Å²) in [6.07, 6.45) is 0. The molecule has 0 aliphatic rings. The van der Waals surface area contributed by atoms with Crippen molar-refractivity contribution in [2.45, 2.75) is 6.04 Å². The van der Waals surface area contributed by atoms with Gasteiger partial charge in [0, 0.05) is 15.8 Å². The van der Waals surface area contributed by atoms with Crippen molar-refractivity contribution in [3.8, 4) is 0 Å². The van der Waals surface area contributed by atoms with E-state index in [4.69, 9.17) is 4.74 Å². The molecule has 0 fully saturated rings. The lowest BCUT2D eigenvalue weighted by Gasteiger charge is -2.18. The number of halogens is 1. The highest BCUT2D eigenvalue weighted by molar-refractivity contribution is 7.10. The molecule has 0 bridgehead atoms. The zero-order valence-corrected chi connectivity index (χ0v) is 16.0. The van der Waals surface area contributed by atoms with Crippen molar-refractivity contribution in [1.29, 1.82) is 0 Å². The Kier molecular flexibility index (Phi) is 5.39. The van der Waals surface area contributed by atoms with Gasteiger partial charge in [-0.25, -0.2) is 9.18 Å². The van der Waals surface area contributed by atoms with Crippen LogP contribution in [-0.4, -0.2) is 23.5 Å². The SMILES string of the molecule is O=C(COC(=O)c1cc2ccccc2[nH]1)N[C@H](c1ccc(F)cc1)c1cccs1. The second-order valence-corrected chi connectivity index (χ2v) is 7.39. The van der Waals surface area contributed by atoms with E-state index >= 15 is 0 Å². The van der Waals surface area contributed by atoms with Gasteiger partial charge in [0.15, 0.2) is 6.61 Å². The molecule has 2 heterocycles. The van der Waals surface area contributed by atoms with Crippen LogP contribution < -0.4 is 5.32 Å². The molecule has 0 unspecified atom stereocenters. The minimum absolute atomic E-state index is 0.285. The number of carbonyl (C=O) groups excluding carboxylic acids is 2. The molecule has 29 heavy (non-hydrogen) atoms. The summed E-state index contributed by atoms with van der Waals surface area (Å²) in [7, 11) is 0. The molecule has 146 valence electrons. The maximum atomic E-state index is 13.3. The molecule has 7 heteroatoms. The van der Waals surface area contributed by atoms with Gasteiger partial charge in [0.05, 0.1) is 6.04 Å². The first-order chi connectivity index (χ1) is 14.1. The van der Waals surface area contributed by atoms with Crippen molar-refractivity contribution in [2.75, 3.05) is 6.61 Å². The summed E-state index contributed by atoms with van der Waals surface area (Å²) in [5.41, 5.74) is 1.84. The third kappa shape index (κ3) is 4.35. The second-order valence-electron chi connectivity index (χ2n) is 6.41. The Balaban J connectivity index is 1.42. The maximum Gasteiger partial charge on any atom is 0.355 e. The first-order valence-electron chi connectivity index (χ1n) is 8.93. The Hall–Kier alpha value is -3.45. The van der Waals surface area contributed by atoms with Crippen LogP contribution >= 0.6 is 11.3 Å². The number of hydrogen-bond donors (Lipinski definition) is 2. The van der Waals surface area contributed by atoms with Crippen molar-refractivity contribution in [3.63, 3.8) is 0 Å². The number of hydrogen-bond acceptors (Lipinski definition) is 4. The number of benzene rings is 2. The fraction of sp³-hybridized carbons (Fsp3) is 0.0909.